The Morgan fingerprint density at radius 2 is 1.65 bits per heavy atom. The van der Waals surface area contributed by atoms with Crippen molar-refractivity contribution >= 4 is 17.6 Å². The minimum Gasteiger partial charge on any atom is -0.489 e. The summed E-state index contributed by atoms with van der Waals surface area (Å²) < 4.78 is 54.4. The van der Waals surface area contributed by atoms with Crippen LogP contribution in [0.2, 0.25) is 0 Å². The molecule has 1 N–H and O–H groups in total. The lowest BCUT2D eigenvalue weighted by Crippen LogP contribution is -2.22. The molecule has 168 valence electrons. The largest absolute Gasteiger partial charge is 0.489 e. The number of methoxy groups -OCH3 is 1. The maximum atomic E-state index is 13.0. The van der Waals surface area contributed by atoms with E-state index >= 15 is 0 Å². The van der Waals surface area contributed by atoms with Gasteiger partial charge in [0.25, 0.3) is 5.91 Å². The molecule has 1 amide bonds. The van der Waals surface area contributed by atoms with Gasteiger partial charge in [-0.2, -0.15) is 13.2 Å². The quantitative estimate of drug-likeness (QED) is 0.486. The molecule has 0 atom stereocenters. The first-order valence-electron chi connectivity index (χ1n) is 9.40. The number of rotatable bonds is 8. The topological polar surface area (TPSA) is 73.9 Å². The van der Waals surface area contributed by atoms with E-state index in [2.05, 4.69) is 5.32 Å². The lowest BCUT2D eigenvalue weighted by Gasteiger charge is -2.15. The van der Waals surface area contributed by atoms with Crippen LogP contribution >= 0.6 is 0 Å². The molecule has 2 aromatic rings. The van der Waals surface area contributed by atoms with E-state index in [0.29, 0.717) is 16.7 Å². The van der Waals surface area contributed by atoms with Crippen LogP contribution in [0, 0.1) is 20.8 Å². The van der Waals surface area contributed by atoms with Crippen molar-refractivity contribution in [3.63, 3.8) is 0 Å². The number of hydrogen-bond acceptors (Lipinski definition) is 5. The highest BCUT2D eigenvalue weighted by molar-refractivity contribution is 5.97. The molecule has 0 aliphatic rings. The van der Waals surface area contributed by atoms with Crippen LogP contribution in [0.3, 0.4) is 0 Å². The molecule has 0 aromatic heterocycles. The van der Waals surface area contributed by atoms with Gasteiger partial charge in [-0.1, -0.05) is 17.7 Å². The number of ether oxygens (including phenoxy) is 3. The summed E-state index contributed by atoms with van der Waals surface area (Å²) in [4.78, 5) is 24.7. The summed E-state index contributed by atoms with van der Waals surface area (Å²) in [6.45, 7) is 5.02. The molecule has 0 saturated heterocycles. The Bertz CT molecular complexity index is 934. The SMILES string of the molecule is COCCOc1ccc(C(F)(F)F)cc1NC(=O)COC(=O)c1c(C)cc(C)cc1C. The monoisotopic (exact) mass is 439 g/mol. The van der Waals surface area contributed by atoms with Crippen LogP contribution in [-0.4, -0.2) is 38.8 Å². The highest BCUT2D eigenvalue weighted by Gasteiger charge is 2.31. The molecule has 0 bridgehead atoms. The third-order valence-electron chi connectivity index (χ3n) is 4.34. The van der Waals surface area contributed by atoms with E-state index in [1.54, 1.807) is 13.8 Å². The van der Waals surface area contributed by atoms with Crippen molar-refractivity contribution in [3.05, 3.63) is 58.1 Å². The van der Waals surface area contributed by atoms with Gasteiger partial charge in [-0.3, -0.25) is 4.79 Å². The van der Waals surface area contributed by atoms with Gasteiger partial charge in [0, 0.05) is 7.11 Å². The Labute approximate surface area is 178 Å². The molecular weight excluding hydrogens is 415 g/mol. The molecule has 0 aliphatic heterocycles. The zero-order valence-electron chi connectivity index (χ0n) is 17.7. The fourth-order valence-corrected chi connectivity index (χ4v) is 3.06. The van der Waals surface area contributed by atoms with E-state index in [-0.39, 0.29) is 24.7 Å². The number of anilines is 1. The second-order valence-electron chi connectivity index (χ2n) is 6.95. The van der Waals surface area contributed by atoms with Crippen LogP contribution < -0.4 is 10.1 Å². The molecule has 2 aromatic carbocycles. The number of nitrogens with one attached hydrogen (secondary N) is 1. The molecule has 0 radical (unpaired) electrons. The molecule has 0 spiro atoms. The maximum absolute atomic E-state index is 13.0. The Morgan fingerprint density at radius 1 is 1.00 bits per heavy atom. The predicted octanol–water partition coefficient (Wildman–Crippen LogP) is 4.45. The van der Waals surface area contributed by atoms with Gasteiger partial charge in [-0.05, 0) is 50.1 Å². The lowest BCUT2D eigenvalue weighted by atomic mass is 10.00. The number of benzene rings is 2. The Hall–Kier alpha value is -3.07. The number of halogens is 3. The van der Waals surface area contributed by atoms with Gasteiger partial charge < -0.3 is 19.5 Å². The minimum atomic E-state index is -4.60. The highest BCUT2D eigenvalue weighted by Crippen LogP contribution is 2.35. The first kappa shape index (κ1) is 24.2. The maximum Gasteiger partial charge on any atom is 0.416 e. The number of carbonyl (C=O) groups is 2. The van der Waals surface area contributed by atoms with E-state index in [0.717, 1.165) is 23.8 Å². The molecule has 0 fully saturated rings. The average Bonchev–Trinajstić information content (AvgIpc) is 2.66. The average molecular weight is 439 g/mol. The summed E-state index contributed by atoms with van der Waals surface area (Å²) >= 11 is 0. The van der Waals surface area contributed by atoms with Gasteiger partial charge in [0.05, 0.1) is 23.4 Å². The van der Waals surface area contributed by atoms with E-state index in [1.165, 1.54) is 7.11 Å². The smallest absolute Gasteiger partial charge is 0.416 e. The van der Waals surface area contributed by atoms with Crippen molar-refractivity contribution < 1.29 is 37.0 Å². The van der Waals surface area contributed by atoms with E-state index in [9.17, 15) is 22.8 Å². The zero-order chi connectivity index (χ0) is 23.2. The fourth-order valence-electron chi connectivity index (χ4n) is 3.06. The standard InChI is InChI=1S/C22H24F3NO5/c1-13-9-14(2)20(15(3)10-13)21(28)31-12-19(27)26-17-11-16(22(23,24)25)5-6-18(17)30-8-7-29-4/h5-6,9-11H,7-8,12H2,1-4H3,(H,26,27). The van der Waals surface area contributed by atoms with Crippen LogP contribution in [0.15, 0.2) is 30.3 Å². The minimum absolute atomic E-state index is 0.0370. The number of carbonyl (C=O) groups excluding carboxylic acids is 2. The van der Waals surface area contributed by atoms with Gasteiger partial charge >= 0.3 is 12.1 Å². The van der Waals surface area contributed by atoms with Gasteiger partial charge in [0.15, 0.2) is 6.61 Å². The normalized spacial score (nSPS) is 11.2. The lowest BCUT2D eigenvalue weighted by molar-refractivity contribution is -0.137. The molecule has 0 heterocycles. The van der Waals surface area contributed by atoms with Gasteiger partial charge in [-0.15, -0.1) is 0 Å². The summed E-state index contributed by atoms with van der Waals surface area (Å²) in [5.74, 6) is -1.45. The molecule has 9 heteroatoms. The van der Waals surface area contributed by atoms with Crippen molar-refractivity contribution in [2.24, 2.45) is 0 Å². The van der Waals surface area contributed by atoms with E-state index in [4.69, 9.17) is 14.2 Å². The van der Waals surface area contributed by atoms with Crippen LogP contribution in [-0.2, 0) is 20.4 Å². The fraction of sp³-hybridized carbons (Fsp3) is 0.364. The third-order valence-corrected chi connectivity index (χ3v) is 4.34. The summed E-state index contributed by atoms with van der Waals surface area (Å²) in [5.41, 5.74) is 1.60. The second kappa shape index (κ2) is 10.3. The van der Waals surface area contributed by atoms with Crippen molar-refractivity contribution in [2.75, 3.05) is 32.2 Å². The second-order valence-corrected chi connectivity index (χ2v) is 6.95. The van der Waals surface area contributed by atoms with Gasteiger partial charge in [-0.25, -0.2) is 4.79 Å². The summed E-state index contributed by atoms with van der Waals surface area (Å²) in [6.07, 6.45) is -4.60. The number of esters is 1. The summed E-state index contributed by atoms with van der Waals surface area (Å²) in [5, 5.41) is 2.31. The Kier molecular flexibility index (Phi) is 8.04. The molecule has 0 aliphatic carbocycles. The predicted molar refractivity (Wildman–Crippen MR) is 108 cm³/mol. The highest BCUT2D eigenvalue weighted by atomic mass is 19.4. The summed E-state index contributed by atoms with van der Waals surface area (Å²) in [6, 6.07) is 6.35. The van der Waals surface area contributed by atoms with Crippen molar-refractivity contribution in [1.82, 2.24) is 0 Å². The molecule has 2 rings (SSSR count). The van der Waals surface area contributed by atoms with Gasteiger partial charge in [0.1, 0.15) is 12.4 Å². The first-order chi connectivity index (χ1) is 14.5. The van der Waals surface area contributed by atoms with Crippen LogP contribution in [0.25, 0.3) is 0 Å². The first-order valence-corrected chi connectivity index (χ1v) is 9.40. The Balaban J connectivity index is 2.12. The molecule has 0 unspecified atom stereocenters. The molecule has 6 nitrogen and oxygen atoms in total. The number of hydrogen-bond donors (Lipinski definition) is 1. The van der Waals surface area contributed by atoms with Crippen molar-refractivity contribution in [2.45, 2.75) is 26.9 Å². The van der Waals surface area contributed by atoms with Crippen LogP contribution in [0.4, 0.5) is 18.9 Å². The number of aryl methyl sites for hydroxylation is 3. The molecule has 31 heavy (non-hydrogen) atoms. The van der Waals surface area contributed by atoms with Crippen LogP contribution in [0.1, 0.15) is 32.6 Å². The van der Waals surface area contributed by atoms with Crippen molar-refractivity contribution in [3.8, 4) is 5.75 Å². The zero-order valence-corrected chi connectivity index (χ0v) is 17.7. The molecule has 0 saturated carbocycles. The van der Waals surface area contributed by atoms with E-state index < -0.39 is 30.2 Å². The van der Waals surface area contributed by atoms with Gasteiger partial charge in [0.2, 0.25) is 0 Å². The van der Waals surface area contributed by atoms with Crippen LogP contribution in [0.5, 0.6) is 5.75 Å². The summed E-state index contributed by atoms with van der Waals surface area (Å²) in [7, 11) is 1.45. The number of alkyl halides is 3. The third kappa shape index (κ3) is 6.71. The Morgan fingerprint density at radius 3 is 2.23 bits per heavy atom. The van der Waals surface area contributed by atoms with E-state index in [1.807, 2.05) is 19.1 Å². The van der Waals surface area contributed by atoms with Crippen molar-refractivity contribution in [1.29, 1.82) is 0 Å². The molecular formula is C22H24F3NO5. The number of amides is 1.